The van der Waals surface area contributed by atoms with Gasteiger partial charge >= 0.3 is 6.18 Å². The largest absolute Gasteiger partial charge is 0.481 e. The van der Waals surface area contributed by atoms with Crippen LogP contribution in [0.3, 0.4) is 0 Å². The van der Waals surface area contributed by atoms with Gasteiger partial charge in [0.25, 0.3) is 5.91 Å². The van der Waals surface area contributed by atoms with Gasteiger partial charge in [-0.3, -0.25) is 4.79 Å². The molecule has 0 saturated carbocycles. The standard InChI is InChI=1S/C15H10F3N3O2S/c1-23-12-7-9(4-5-19-12)20-13(22)8-2-3-10-11(6-8)24-14(21-10)15(16,17)18/h2-7H,1H3,(H,19,20,22). The Morgan fingerprint density at radius 2 is 2.04 bits per heavy atom. The molecule has 1 aromatic carbocycles. The van der Waals surface area contributed by atoms with Crippen LogP contribution in [-0.4, -0.2) is 23.0 Å². The van der Waals surface area contributed by atoms with E-state index in [0.717, 1.165) is 0 Å². The first-order chi connectivity index (χ1) is 11.4. The second kappa shape index (κ2) is 6.08. The minimum Gasteiger partial charge on any atom is -0.481 e. The van der Waals surface area contributed by atoms with Crippen molar-refractivity contribution in [2.45, 2.75) is 6.18 Å². The Hall–Kier alpha value is -2.68. The van der Waals surface area contributed by atoms with Gasteiger partial charge in [0.15, 0.2) is 5.01 Å². The van der Waals surface area contributed by atoms with Crippen LogP contribution >= 0.6 is 11.3 Å². The SMILES string of the molecule is COc1cc(NC(=O)c2ccc3nc(C(F)(F)F)sc3c2)ccn1. The summed E-state index contributed by atoms with van der Waals surface area (Å²) in [5.74, 6) is -0.118. The Labute approximate surface area is 138 Å². The first-order valence-corrected chi connectivity index (χ1v) is 7.47. The number of alkyl halides is 3. The lowest BCUT2D eigenvalue weighted by molar-refractivity contribution is -0.137. The van der Waals surface area contributed by atoms with Gasteiger partial charge in [-0.25, -0.2) is 9.97 Å². The zero-order valence-electron chi connectivity index (χ0n) is 12.2. The van der Waals surface area contributed by atoms with Crippen LogP contribution in [0.1, 0.15) is 15.4 Å². The Bertz CT molecular complexity index is 908. The number of carbonyl (C=O) groups is 1. The summed E-state index contributed by atoms with van der Waals surface area (Å²) in [5.41, 5.74) is 0.900. The van der Waals surface area contributed by atoms with Crippen molar-refractivity contribution in [3.05, 3.63) is 47.1 Å². The number of nitrogens with zero attached hydrogens (tertiary/aromatic N) is 2. The van der Waals surface area contributed by atoms with Gasteiger partial charge in [-0.2, -0.15) is 13.2 Å². The third kappa shape index (κ3) is 3.30. The number of aromatic nitrogens is 2. The number of benzene rings is 1. The molecule has 3 aromatic rings. The molecule has 0 saturated heterocycles. The molecule has 5 nitrogen and oxygen atoms in total. The number of hydrogen-bond acceptors (Lipinski definition) is 5. The quantitative estimate of drug-likeness (QED) is 0.774. The number of fused-ring (bicyclic) bond motifs is 1. The number of pyridine rings is 1. The number of methoxy groups -OCH3 is 1. The molecule has 2 heterocycles. The van der Waals surface area contributed by atoms with E-state index < -0.39 is 17.1 Å². The molecule has 0 aliphatic carbocycles. The third-order valence-corrected chi connectivity index (χ3v) is 4.16. The minimum atomic E-state index is -4.50. The van der Waals surface area contributed by atoms with E-state index in [4.69, 9.17) is 4.74 Å². The molecule has 0 aliphatic rings. The first kappa shape index (κ1) is 16.2. The van der Waals surface area contributed by atoms with Crippen LogP contribution in [0.4, 0.5) is 18.9 Å². The molecule has 0 unspecified atom stereocenters. The maximum absolute atomic E-state index is 12.7. The van der Waals surface area contributed by atoms with E-state index in [1.807, 2.05) is 0 Å². The summed E-state index contributed by atoms with van der Waals surface area (Å²) in [6, 6.07) is 7.31. The molecule has 124 valence electrons. The molecule has 0 radical (unpaired) electrons. The zero-order chi connectivity index (χ0) is 17.3. The second-order valence-corrected chi connectivity index (χ2v) is 5.77. The van der Waals surface area contributed by atoms with Gasteiger partial charge in [0, 0.05) is 23.5 Å². The number of rotatable bonds is 3. The van der Waals surface area contributed by atoms with Gasteiger partial charge in [0.2, 0.25) is 5.88 Å². The molecule has 3 rings (SSSR count). The van der Waals surface area contributed by atoms with Crippen LogP contribution < -0.4 is 10.1 Å². The highest BCUT2D eigenvalue weighted by Crippen LogP contribution is 2.35. The molecule has 0 atom stereocenters. The van der Waals surface area contributed by atoms with Gasteiger partial charge in [-0.1, -0.05) is 0 Å². The molecule has 2 aromatic heterocycles. The maximum atomic E-state index is 12.7. The second-order valence-electron chi connectivity index (χ2n) is 4.74. The van der Waals surface area contributed by atoms with Crippen molar-refractivity contribution in [1.82, 2.24) is 9.97 Å². The molecule has 0 bridgehead atoms. The zero-order valence-corrected chi connectivity index (χ0v) is 13.0. The fourth-order valence-corrected chi connectivity index (χ4v) is 2.86. The number of anilines is 1. The van der Waals surface area contributed by atoms with Gasteiger partial charge in [0.05, 0.1) is 17.3 Å². The average Bonchev–Trinajstić information content (AvgIpc) is 2.98. The van der Waals surface area contributed by atoms with E-state index in [0.29, 0.717) is 27.6 Å². The van der Waals surface area contributed by atoms with Gasteiger partial charge in [-0.05, 0) is 24.3 Å². The number of nitrogens with one attached hydrogen (secondary N) is 1. The van der Waals surface area contributed by atoms with Gasteiger partial charge in [0.1, 0.15) is 0 Å². The monoisotopic (exact) mass is 353 g/mol. The molecule has 24 heavy (non-hydrogen) atoms. The van der Waals surface area contributed by atoms with Crippen LogP contribution in [-0.2, 0) is 6.18 Å². The summed E-state index contributed by atoms with van der Waals surface area (Å²) in [6.45, 7) is 0. The number of amides is 1. The average molecular weight is 353 g/mol. The van der Waals surface area contributed by atoms with E-state index in [9.17, 15) is 18.0 Å². The van der Waals surface area contributed by atoms with Crippen LogP contribution in [0.2, 0.25) is 0 Å². The molecular weight excluding hydrogens is 343 g/mol. The fourth-order valence-electron chi connectivity index (χ4n) is 1.99. The molecule has 0 spiro atoms. The predicted molar refractivity (Wildman–Crippen MR) is 83.4 cm³/mol. The normalized spacial score (nSPS) is 11.5. The predicted octanol–water partition coefficient (Wildman–Crippen LogP) is 3.97. The van der Waals surface area contributed by atoms with Crippen molar-refractivity contribution in [2.75, 3.05) is 12.4 Å². The summed E-state index contributed by atoms with van der Waals surface area (Å²) in [4.78, 5) is 19.7. The Kier molecular flexibility index (Phi) is 4.10. The number of hydrogen-bond donors (Lipinski definition) is 1. The summed E-state index contributed by atoms with van der Waals surface area (Å²) >= 11 is 0.502. The van der Waals surface area contributed by atoms with E-state index >= 15 is 0 Å². The highest BCUT2D eigenvalue weighted by molar-refractivity contribution is 7.18. The van der Waals surface area contributed by atoms with E-state index in [-0.39, 0.29) is 11.1 Å². The first-order valence-electron chi connectivity index (χ1n) is 6.66. The Morgan fingerprint density at radius 3 is 2.75 bits per heavy atom. The number of ether oxygens (including phenoxy) is 1. The number of thiazole rings is 1. The third-order valence-electron chi connectivity index (χ3n) is 3.09. The van der Waals surface area contributed by atoms with Crippen molar-refractivity contribution in [3.63, 3.8) is 0 Å². The van der Waals surface area contributed by atoms with Crippen LogP contribution in [0, 0.1) is 0 Å². The number of halogens is 3. The van der Waals surface area contributed by atoms with Crippen molar-refractivity contribution >= 4 is 33.1 Å². The van der Waals surface area contributed by atoms with E-state index in [1.165, 1.54) is 37.6 Å². The smallest absolute Gasteiger partial charge is 0.443 e. The van der Waals surface area contributed by atoms with Crippen molar-refractivity contribution < 1.29 is 22.7 Å². The minimum absolute atomic E-state index is 0.203. The lowest BCUT2D eigenvalue weighted by Crippen LogP contribution is -2.11. The highest BCUT2D eigenvalue weighted by Gasteiger charge is 2.34. The number of carbonyl (C=O) groups excluding carboxylic acids is 1. The van der Waals surface area contributed by atoms with Crippen molar-refractivity contribution in [2.24, 2.45) is 0 Å². The molecule has 9 heteroatoms. The summed E-state index contributed by atoms with van der Waals surface area (Å²) in [6.07, 6.45) is -3.03. The maximum Gasteiger partial charge on any atom is 0.443 e. The lowest BCUT2D eigenvalue weighted by Gasteiger charge is -2.06. The molecule has 1 N–H and O–H groups in total. The van der Waals surface area contributed by atoms with E-state index in [2.05, 4.69) is 15.3 Å². The summed E-state index contributed by atoms with van der Waals surface area (Å²) in [5, 5.41) is 1.70. The lowest BCUT2D eigenvalue weighted by atomic mass is 10.2. The van der Waals surface area contributed by atoms with Crippen molar-refractivity contribution in [3.8, 4) is 5.88 Å². The van der Waals surface area contributed by atoms with Crippen LogP contribution in [0.25, 0.3) is 10.2 Å². The Morgan fingerprint density at radius 1 is 1.25 bits per heavy atom. The molecule has 1 amide bonds. The van der Waals surface area contributed by atoms with Gasteiger partial charge < -0.3 is 10.1 Å². The molecular formula is C15H10F3N3O2S. The fraction of sp³-hybridized carbons (Fsp3) is 0.133. The van der Waals surface area contributed by atoms with Crippen molar-refractivity contribution in [1.29, 1.82) is 0 Å². The summed E-state index contributed by atoms with van der Waals surface area (Å²) < 4.78 is 43.3. The van der Waals surface area contributed by atoms with E-state index in [1.54, 1.807) is 6.07 Å². The van der Waals surface area contributed by atoms with Crippen LogP contribution in [0.5, 0.6) is 5.88 Å². The Balaban J connectivity index is 1.87. The highest BCUT2D eigenvalue weighted by atomic mass is 32.1. The topological polar surface area (TPSA) is 64.1 Å². The van der Waals surface area contributed by atoms with Crippen LogP contribution in [0.15, 0.2) is 36.5 Å². The molecule has 0 fully saturated rings. The molecule has 0 aliphatic heterocycles. The van der Waals surface area contributed by atoms with Gasteiger partial charge in [-0.15, -0.1) is 11.3 Å². The summed E-state index contributed by atoms with van der Waals surface area (Å²) in [7, 11) is 1.45.